The first-order chi connectivity index (χ1) is 7.15. The largest absolute Gasteiger partial charge is 0.397 e. The fraction of sp³-hybridized carbons (Fsp3) is 0.364. The number of nitrogen functional groups attached to an aromatic ring is 2. The number of anilines is 2. The van der Waals surface area contributed by atoms with Gasteiger partial charge in [-0.15, -0.1) is 24.8 Å². The van der Waals surface area contributed by atoms with E-state index in [-0.39, 0.29) is 30.7 Å². The number of hydrogen-bond donors (Lipinski definition) is 3. The standard InChI is InChI=1S/C11H17N3O.2ClH/c1-2-3-6-14-11(15)8-4-5-9(12)10(13)7-8;;/h4-5,7H,2-3,6,12-13H2,1H3,(H,14,15);2*1H. The maximum Gasteiger partial charge on any atom is 0.251 e. The lowest BCUT2D eigenvalue weighted by molar-refractivity contribution is 0.0953. The predicted octanol–water partition coefficient (Wildman–Crippen LogP) is 2.22. The van der Waals surface area contributed by atoms with Crippen molar-refractivity contribution in [1.29, 1.82) is 0 Å². The molecule has 1 aromatic rings. The van der Waals surface area contributed by atoms with E-state index in [1.54, 1.807) is 18.2 Å². The number of amides is 1. The van der Waals surface area contributed by atoms with E-state index in [9.17, 15) is 4.79 Å². The van der Waals surface area contributed by atoms with Gasteiger partial charge in [0.25, 0.3) is 5.91 Å². The Bertz CT molecular complexity index is 359. The summed E-state index contributed by atoms with van der Waals surface area (Å²) in [5.74, 6) is -0.102. The Morgan fingerprint density at radius 3 is 2.41 bits per heavy atom. The first-order valence-electron chi connectivity index (χ1n) is 5.08. The van der Waals surface area contributed by atoms with Crippen LogP contribution in [0.2, 0.25) is 0 Å². The summed E-state index contributed by atoms with van der Waals surface area (Å²) in [5.41, 5.74) is 12.7. The number of carbonyl (C=O) groups is 1. The zero-order valence-corrected chi connectivity index (χ0v) is 11.4. The fourth-order valence-corrected chi connectivity index (χ4v) is 1.20. The minimum Gasteiger partial charge on any atom is -0.397 e. The highest BCUT2D eigenvalue weighted by Crippen LogP contribution is 2.15. The number of benzene rings is 1. The van der Waals surface area contributed by atoms with Crippen LogP contribution in [0.4, 0.5) is 11.4 Å². The van der Waals surface area contributed by atoms with E-state index in [2.05, 4.69) is 12.2 Å². The molecule has 98 valence electrons. The Morgan fingerprint density at radius 1 is 1.24 bits per heavy atom. The summed E-state index contributed by atoms with van der Waals surface area (Å²) < 4.78 is 0. The third-order valence-corrected chi connectivity index (χ3v) is 2.16. The van der Waals surface area contributed by atoms with Crippen molar-refractivity contribution in [2.75, 3.05) is 18.0 Å². The normalized spacial score (nSPS) is 8.76. The van der Waals surface area contributed by atoms with E-state index in [1.807, 2.05) is 0 Å². The predicted molar refractivity (Wildman–Crippen MR) is 77.0 cm³/mol. The van der Waals surface area contributed by atoms with Crippen LogP contribution in [0.3, 0.4) is 0 Å². The van der Waals surface area contributed by atoms with Gasteiger partial charge in [0.05, 0.1) is 11.4 Å². The maximum absolute atomic E-state index is 11.6. The summed E-state index contributed by atoms with van der Waals surface area (Å²) in [4.78, 5) is 11.6. The van der Waals surface area contributed by atoms with Crippen molar-refractivity contribution in [3.05, 3.63) is 23.8 Å². The molecular formula is C11H19Cl2N3O. The Labute approximate surface area is 114 Å². The molecule has 0 spiro atoms. The molecule has 1 amide bonds. The van der Waals surface area contributed by atoms with Gasteiger partial charge in [-0.2, -0.15) is 0 Å². The van der Waals surface area contributed by atoms with Gasteiger partial charge in [-0.25, -0.2) is 0 Å². The van der Waals surface area contributed by atoms with Crippen molar-refractivity contribution < 1.29 is 4.79 Å². The summed E-state index contributed by atoms with van der Waals surface area (Å²) in [6, 6.07) is 4.91. The van der Waals surface area contributed by atoms with Crippen molar-refractivity contribution in [3.63, 3.8) is 0 Å². The summed E-state index contributed by atoms with van der Waals surface area (Å²) in [7, 11) is 0. The molecule has 0 aliphatic rings. The second-order valence-corrected chi connectivity index (χ2v) is 3.45. The zero-order valence-electron chi connectivity index (χ0n) is 9.73. The smallest absolute Gasteiger partial charge is 0.251 e. The molecule has 0 heterocycles. The van der Waals surface area contributed by atoms with Crippen molar-refractivity contribution in [3.8, 4) is 0 Å². The highest BCUT2D eigenvalue weighted by atomic mass is 35.5. The molecule has 0 saturated carbocycles. The molecule has 5 N–H and O–H groups in total. The van der Waals surface area contributed by atoms with Crippen LogP contribution in [0.5, 0.6) is 0 Å². The lowest BCUT2D eigenvalue weighted by Gasteiger charge is -2.06. The fourth-order valence-electron chi connectivity index (χ4n) is 1.20. The number of carbonyl (C=O) groups excluding carboxylic acids is 1. The number of rotatable bonds is 4. The van der Waals surface area contributed by atoms with Crippen LogP contribution in [0.25, 0.3) is 0 Å². The minimum atomic E-state index is -0.102. The van der Waals surface area contributed by atoms with Gasteiger partial charge < -0.3 is 16.8 Å². The van der Waals surface area contributed by atoms with E-state index >= 15 is 0 Å². The molecule has 4 nitrogen and oxygen atoms in total. The lowest BCUT2D eigenvalue weighted by atomic mass is 10.1. The molecule has 0 bridgehead atoms. The van der Waals surface area contributed by atoms with Crippen LogP contribution < -0.4 is 16.8 Å². The highest BCUT2D eigenvalue weighted by Gasteiger charge is 2.05. The second kappa shape index (κ2) is 8.96. The molecule has 0 fully saturated rings. The Balaban J connectivity index is 0. The van der Waals surface area contributed by atoms with Crippen LogP contribution in [0.1, 0.15) is 30.1 Å². The van der Waals surface area contributed by atoms with Gasteiger partial charge in [-0.1, -0.05) is 13.3 Å². The summed E-state index contributed by atoms with van der Waals surface area (Å²) in [5, 5.41) is 2.81. The highest BCUT2D eigenvalue weighted by molar-refractivity contribution is 5.95. The third kappa shape index (κ3) is 5.65. The molecule has 0 aromatic heterocycles. The van der Waals surface area contributed by atoms with Crippen molar-refractivity contribution in [2.24, 2.45) is 0 Å². The van der Waals surface area contributed by atoms with Gasteiger partial charge in [0.2, 0.25) is 0 Å². The second-order valence-electron chi connectivity index (χ2n) is 3.45. The Morgan fingerprint density at radius 2 is 1.88 bits per heavy atom. The molecule has 0 saturated heterocycles. The molecule has 0 atom stereocenters. The summed E-state index contributed by atoms with van der Waals surface area (Å²) in [6.07, 6.45) is 2.04. The van der Waals surface area contributed by atoms with Gasteiger partial charge in [-0.3, -0.25) is 4.79 Å². The SMILES string of the molecule is CCCCNC(=O)c1ccc(N)c(N)c1.Cl.Cl. The quantitative estimate of drug-likeness (QED) is 0.584. The van der Waals surface area contributed by atoms with Gasteiger partial charge in [0, 0.05) is 12.1 Å². The van der Waals surface area contributed by atoms with Gasteiger partial charge in [0.1, 0.15) is 0 Å². The van der Waals surface area contributed by atoms with Crippen molar-refractivity contribution in [1.82, 2.24) is 5.32 Å². The van der Waals surface area contributed by atoms with E-state index in [0.717, 1.165) is 12.8 Å². The number of halogens is 2. The lowest BCUT2D eigenvalue weighted by Crippen LogP contribution is -2.24. The average molecular weight is 280 g/mol. The summed E-state index contributed by atoms with van der Waals surface area (Å²) >= 11 is 0. The van der Waals surface area contributed by atoms with E-state index in [0.29, 0.717) is 23.5 Å². The van der Waals surface area contributed by atoms with Crippen LogP contribution in [0, 0.1) is 0 Å². The van der Waals surface area contributed by atoms with Crippen LogP contribution >= 0.6 is 24.8 Å². The topological polar surface area (TPSA) is 81.1 Å². The third-order valence-electron chi connectivity index (χ3n) is 2.16. The molecule has 6 heteroatoms. The summed E-state index contributed by atoms with van der Waals surface area (Å²) in [6.45, 7) is 2.77. The zero-order chi connectivity index (χ0) is 11.3. The number of nitrogens with one attached hydrogen (secondary N) is 1. The minimum absolute atomic E-state index is 0. The van der Waals surface area contributed by atoms with Gasteiger partial charge in [0.15, 0.2) is 0 Å². The Kier molecular flexibility index (Phi) is 9.61. The van der Waals surface area contributed by atoms with Gasteiger partial charge >= 0.3 is 0 Å². The van der Waals surface area contributed by atoms with E-state index in [1.165, 1.54) is 0 Å². The molecule has 1 aromatic carbocycles. The Hall–Kier alpha value is -1.13. The van der Waals surface area contributed by atoms with Crippen molar-refractivity contribution >= 4 is 42.1 Å². The van der Waals surface area contributed by atoms with E-state index in [4.69, 9.17) is 11.5 Å². The molecule has 0 unspecified atom stereocenters. The molecular weight excluding hydrogens is 261 g/mol. The molecule has 0 aliphatic carbocycles. The van der Waals surface area contributed by atoms with Crippen LogP contribution in [-0.2, 0) is 0 Å². The number of hydrogen-bond acceptors (Lipinski definition) is 3. The molecule has 0 aliphatic heterocycles. The average Bonchev–Trinajstić information content (AvgIpc) is 2.22. The van der Waals surface area contributed by atoms with Gasteiger partial charge in [-0.05, 0) is 24.6 Å². The maximum atomic E-state index is 11.6. The monoisotopic (exact) mass is 279 g/mol. The number of unbranched alkanes of at least 4 members (excludes halogenated alkanes) is 1. The van der Waals surface area contributed by atoms with Crippen LogP contribution in [-0.4, -0.2) is 12.5 Å². The molecule has 0 radical (unpaired) electrons. The van der Waals surface area contributed by atoms with E-state index < -0.39 is 0 Å². The molecule has 17 heavy (non-hydrogen) atoms. The first-order valence-corrected chi connectivity index (χ1v) is 5.08. The number of nitrogens with two attached hydrogens (primary N) is 2. The van der Waals surface area contributed by atoms with Crippen LogP contribution in [0.15, 0.2) is 18.2 Å². The van der Waals surface area contributed by atoms with Crippen molar-refractivity contribution in [2.45, 2.75) is 19.8 Å². The molecule has 1 rings (SSSR count). The first kappa shape index (κ1) is 18.2.